The van der Waals surface area contributed by atoms with Gasteiger partial charge in [-0.05, 0) is 79.1 Å². The van der Waals surface area contributed by atoms with Crippen LogP contribution in [0, 0.1) is 5.82 Å². The van der Waals surface area contributed by atoms with Gasteiger partial charge in [0.25, 0.3) is 11.8 Å². The predicted octanol–water partition coefficient (Wildman–Crippen LogP) is 4.52. The third-order valence-corrected chi connectivity index (χ3v) is 5.51. The fourth-order valence-corrected chi connectivity index (χ4v) is 3.72. The maximum Gasteiger partial charge on any atom is 0.255 e. The molecule has 0 aliphatic carbocycles. The van der Waals surface area contributed by atoms with Gasteiger partial charge < -0.3 is 15.5 Å². The lowest BCUT2D eigenvalue weighted by Gasteiger charge is -2.26. The Morgan fingerprint density at radius 2 is 1.58 bits per heavy atom. The van der Waals surface area contributed by atoms with Crippen LogP contribution < -0.4 is 15.5 Å². The molecule has 3 aromatic carbocycles. The van der Waals surface area contributed by atoms with E-state index in [-0.39, 0.29) is 24.3 Å². The minimum Gasteiger partial charge on any atom is -0.348 e. The molecule has 2 N–H and O–H groups in total. The van der Waals surface area contributed by atoms with Gasteiger partial charge in [-0.15, -0.1) is 0 Å². The van der Waals surface area contributed by atoms with Crippen LogP contribution in [-0.2, 0) is 11.3 Å². The minimum absolute atomic E-state index is 0.116. The number of piperidine rings is 1. The molecule has 1 aliphatic heterocycles. The second-order valence-corrected chi connectivity index (χ2v) is 7.89. The molecule has 0 atom stereocenters. The van der Waals surface area contributed by atoms with E-state index in [9.17, 15) is 18.8 Å². The van der Waals surface area contributed by atoms with Crippen molar-refractivity contribution in [3.8, 4) is 0 Å². The SMILES string of the molecule is O=C(NCc1cccc(NC(=O)c2ccc(F)cc2)c1)c1ccc(N2CCCCC2=O)cc1. The molecule has 1 aliphatic rings. The van der Waals surface area contributed by atoms with E-state index >= 15 is 0 Å². The van der Waals surface area contributed by atoms with Crippen LogP contribution in [0.4, 0.5) is 15.8 Å². The summed E-state index contributed by atoms with van der Waals surface area (Å²) in [7, 11) is 0. The van der Waals surface area contributed by atoms with E-state index in [2.05, 4.69) is 10.6 Å². The molecule has 3 amide bonds. The molecule has 0 unspecified atom stereocenters. The number of amides is 3. The Labute approximate surface area is 191 Å². The molecule has 4 rings (SSSR count). The minimum atomic E-state index is -0.404. The first-order chi connectivity index (χ1) is 16.0. The van der Waals surface area contributed by atoms with Crippen molar-refractivity contribution in [2.45, 2.75) is 25.8 Å². The third kappa shape index (κ3) is 5.63. The summed E-state index contributed by atoms with van der Waals surface area (Å²) in [6.07, 6.45) is 2.47. The Balaban J connectivity index is 1.34. The van der Waals surface area contributed by atoms with Gasteiger partial charge in [-0.3, -0.25) is 14.4 Å². The maximum absolute atomic E-state index is 13.0. The summed E-state index contributed by atoms with van der Waals surface area (Å²) in [5.41, 5.74) is 3.05. The first-order valence-corrected chi connectivity index (χ1v) is 10.8. The van der Waals surface area contributed by atoms with Gasteiger partial charge in [0, 0.05) is 42.0 Å². The first kappa shape index (κ1) is 22.2. The van der Waals surface area contributed by atoms with Gasteiger partial charge in [0.15, 0.2) is 0 Å². The highest BCUT2D eigenvalue weighted by Gasteiger charge is 2.19. The summed E-state index contributed by atoms with van der Waals surface area (Å²) >= 11 is 0. The van der Waals surface area contributed by atoms with E-state index in [1.54, 1.807) is 47.4 Å². The van der Waals surface area contributed by atoms with E-state index in [0.717, 1.165) is 24.1 Å². The van der Waals surface area contributed by atoms with E-state index < -0.39 is 5.82 Å². The van der Waals surface area contributed by atoms with Gasteiger partial charge >= 0.3 is 0 Å². The van der Waals surface area contributed by atoms with E-state index in [1.165, 1.54) is 24.3 Å². The monoisotopic (exact) mass is 445 g/mol. The fraction of sp³-hybridized carbons (Fsp3) is 0.192. The molecule has 3 aromatic rings. The molecule has 168 valence electrons. The highest BCUT2D eigenvalue weighted by molar-refractivity contribution is 6.04. The number of anilines is 2. The van der Waals surface area contributed by atoms with Crippen molar-refractivity contribution < 1.29 is 18.8 Å². The van der Waals surface area contributed by atoms with Gasteiger partial charge in [-0.2, -0.15) is 0 Å². The zero-order chi connectivity index (χ0) is 23.2. The van der Waals surface area contributed by atoms with E-state index in [0.29, 0.717) is 29.8 Å². The van der Waals surface area contributed by atoms with Gasteiger partial charge in [-0.25, -0.2) is 4.39 Å². The van der Waals surface area contributed by atoms with E-state index in [1.807, 2.05) is 6.07 Å². The summed E-state index contributed by atoms with van der Waals surface area (Å²) < 4.78 is 13.0. The second kappa shape index (κ2) is 10.1. The number of nitrogens with zero attached hydrogens (tertiary/aromatic N) is 1. The number of hydrogen-bond donors (Lipinski definition) is 2. The number of nitrogens with one attached hydrogen (secondary N) is 2. The lowest BCUT2D eigenvalue weighted by Crippen LogP contribution is -2.35. The molecular weight excluding hydrogens is 421 g/mol. The standard InChI is InChI=1S/C26H24FN3O3/c27-21-11-7-20(8-12-21)26(33)29-22-5-3-4-18(16-22)17-28-25(32)19-9-13-23(14-10-19)30-15-2-1-6-24(30)31/h3-5,7-14,16H,1-2,6,15,17H2,(H,28,32)(H,29,33). The number of benzene rings is 3. The molecule has 0 spiro atoms. The molecule has 6 nitrogen and oxygen atoms in total. The molecule has 0 saturated carbocycles. The maximum atomic E-state index is 13.0. The molecular formula is C26H24FN3O3. The zero-order valence-electron chi connectivity index (χ0n) is 18.0. The third-order valence-electron chi connectivity index (χ3n) is 5.51. The number of halogens is 1. The molecule has 1 fully saturated rings. The summed E-state index contributed by atoms with van der Waals surface area (Å²) in [6, 6.07) is 19.5. The van der Waals surface area contributed by atoms with Crippen molar-refractivity contribution in [2.75, 3.05) is 16.8 Å². The highest BCUT2D eigenvalue weighted by atomic mass is 19.1. The quantitative estimate of drug-likeness (QED) is 0.585. The van der Waals surface area contributed by atoms with Crippen molar-refractivity contribution in [3.05, 3.63) is 95.3 Å². The smallest absolute Gasteiger partial charge is 0.255 e. The van der Waals surface area contributed by atoms with Crippen LogP contribution in [0.5, 0.6) is 0 Å². The number of hydrogen-bond acceptors (Lipinski definition) is 3. The summed E-state index contributed by atoms with van der Waals surface area (Å²) in [6.45, 7) is 0.990. The molecule has 7 heteroatoms. The number of rotatable bonds is 6. The van der Waals surface area contributed by atoms with Gasteiger partial charge in [0.1, 0.15) is 5.82 Å². The predicted molar refractivity (Wildman–Crippen MR) is 125 cm³/mol. The van der Waals surface area contributed by atoms with Crippen LogP contribution in [-0.4, -0.2) is 24.3 Å². The lowest BCUT2D eigenvalue weighted by molar-refractivity contribution is -0.119. The van der Waals surface area contributed by atoms with Crippen LogP contribution in [0.15, 0.2) is 72.8 Å². The molecule has 1 saturated heterocycles. The lowest BCUT2D eigenvalue weighted by atomic mass is 10.1. The van der Waals surface area contributed by atoms with Crippen LogP contribution in [0.1, 0.15) is 45.5 Å². The summed E-state index contributed by atoms with van der Waals surface area (Å²) in [5.74, 6) is -0.862. The largest absolute Gasteiger partial charge is 0.348 e. The average molecular weight is 445 g/mol. The van der Waals surface area contributed by atoms with Crippen molar-refractivity contribution in [1.82, 2.24) is 5.32 Å². The summed E-state index contributed by atoms with van der Waals surface area (Å²) in [5, 5.41) is 5.64. The molecule has 0 bridgehead atoms. The van der Waals surface area contributed by atoms with Crippen LogP contribution in [0.2, 0.25) is 0 Å². The normalized spacial score (nSPS) is 13.5. The van der Waals surface area contributed by atoms with Gasteiger partial charge in [-0.1, -0.05) is 12.1 Å². The van der Waals surface area contributed by atoms with Gasteiger partial charge in [0.2, 0.25) is 5.91 Å². The number of carbonyl (C=O) groups is 3. The fourth-order valence-electron chi connectivity index (χ4n) is 3.72. The zero-order valence-corrected chi connectivity index (χ0v) is 18.0. The Bertz CT molecular complexity index is 1160. The second-order valence-electron chi connectivity index (χ2n) is 7.89. The summed E-state index contributed by atoms with van der Waals surface area (Å²) in [4.78, 5) is 38.7. The number of carbonyl (C=O) groups excluding carboxylic acids is 3. The Kier molecular flexibility index (Phi) is 6.78. The molecule has 0 radical (unpaired) electrons. The molecule has 1 heterocycles. The van der Waals surface area contributed by atoms with Crippen molar-refractivity contribution in [3.63, 3.8) is 0 Å². The highest BCUT2D eigenvalue weighted by Crippen LogP contribution is 2.21. The van der Waals surface area contributed by atoms with Crippen LogP contribution in [0.25, 0.3) is 0 Å². The van der Waals surface area contributed by atoms with Crippen molar-refractivity contribution in [2.24, 2.45) is 0 Å². The molecule has 0 aromatic heterocycles. The van der Waals surface area contributed by atoms with Crippen LogP contribution in [0.3, 0.4) is 0 Å². The van der Waals surface area contributed by atoms with Crippen LogP contribution >= 0.6 is 0 Å². The average Bonchev–Trinajstić information content (AvgIpc) is 2.83. The topological polar surface area (TPSA) is 78.5 Å². The molecule has 33 heavy (non-hydrogen) atoms. The van der Waals surface area contributed by atoms with E-state index in [4.69, 9.17) is 0 Å². The first-order valence-electron chi connectivity index (χ1n) is 10.8. The Morgan fingerprint density at radius 3 is 2.30 bits per heavy atom. The Morgan fingerprint density at radius 1 is 0.879 bits per heavy atom. The van der Waals surface area contributed by atoms with Crippen molar-refractivity contribution in [1.29, 1.82) is 0 Å². The Hall–Kier alpha value is -4.00. The van der Waals surface area contributed by atoms with Crippen molar-refractivity contribution >= 4 is 29.1 Å². The van der Waals surface area contributed by atoms with Gasteiger partial charge in [0.05, 0.1) is 0 Å².